The summed E-state index contributed by atoms with van der Waals surface area (Å²) in [5.74, 6) is -1.37. The van der Waals surface area contributed by atoms with Crippen LogP contribution in [0.2, 0.25) is 0 Å². The highest BCUT2D eigenvalue weighted by molar-refractivity contribution is 5.82. The lowest BCUT2D eigenvalue weighted by molar-refractivity contribution is -0.373. The fraction of sp³-hybridized carbons (Fsp3) is 0.500. The van der Waals surface area contributed by atoms with Crippen LogP contribution < -0.4 is 0 Å². The lowest BCUT2D eigenvalue weighted by Gasteiger charge is -2.53. The number of hydrogen-bond donors (Lipinski definition) is 0. The van der Waals surface area contributed by atoms with Crippen LogP contribution in [0.15, 0.2) is 30.3 Å². The van der Waals surface area contributed by atoms with Gasteiger partial charge in [-0.3, -0.25) is 0 Å². The number of alkyl halides is 3. The number of carbonyl (C=O) groups is 1. The second kappa shape index (κ2) is 4.77. The molecule has 1 aliphatic heterocycles. The maximum atomic E-state index is 13.2. The second-order valence-corrected chi connectivity index (χ2v) is 4.92. The maximum Gasteiger partial charge on any atom is 0.428 e. The summed E-state index contributed by atoms with van der Waals surface area (Å²) in [7, 11) is 0. The minimum absolute atomic E-state index is 0.123. The van der Waals surface area contributed by atoms with Crippen molar-refractivity contribution in [2.24, 2.45) is 0 Å². The Morgan fingerprint density at radius 2 is 1.90 bits per heavy atom. The Morgan fingerprint density at radius 3 is 2.35 bits per heavy atom. The predicted octanol–water partition coefficient (Wildman–Crippen LogP) is 3.19. The highest BCUT2D eigenvalue weighted by Gasteiger charge is 2.73. The molecule has 0 N–H and O–H groups in total. The van der Waals surface area contributed by atoms with E-state index in [1.54, 1.807) is 30.3 Å². The van der Waals surface area contributed by atoms with E-state index in [0.29, 0.717) is 5.56 Å². The Kier molecular flexibility index (Phi) is 3.54. The first-order valence-corrected chi connectivity index (χ1v) is 6.25. The van der Waals surface area contributed by atoms with E-state index in [-0.39, 0.29) is 6.61 Å². The summed E-state index contributed by atoms with van der Waals surface area (Å²) in [5.41, 5.74) is -3.39. The van der Waals surface area contributed by atoms with Crippen LogP contribution in [0.5, 0.6) is 0 Å². The van der Waals surface area contributed by atoms with E-state index in [1.807, 2.05) is 0 Å². The molecule has 3 nitrogen and oxygen atoms in total. The third-order valence-electron chi connectivity index (χ3n) is 3.43. The number of esters is 1. The van der Waals surface area contributed by atoms with Gasteiger partial charge in [-0.2, -0.15) is 13.2 Å². The van der Waals surface area contributed by atoms with E-state index >= 15 is 0 Å². The van der Waals surface area contributed by atoms with E-state index in [0.717, 1.165) is 0 Å². The first-order valence-electron chi connectivity index (χ1n) is 6.25. The summed E-state index contributed by atoms with van der Waals surface area (Å²) in [5, 5.41) is 0. The largest absolute Gasteiger partial charge is 0.464 e. The molecular weight excluding hydrogens is 273 g/mol. The van der Waals surface area contributed by atoms with E-state index < -0.39 is 29.8 Å². The number of benzene rings is 1. The van der Waals surface area contributed by atoms with Gasteiger partial charge in [0, 0.05) is 6.42 Å². The van der Waals surface area contributed by atoms with Crippen molar-refractivity contribution in [2.45, 2.75) is 37.6 Å². The Labute approximate surface area is 114 Å². The Balaban J connectivity index is 2.27. The molecule has 2 atom stereocenters. The zero-order valence-electron chi connectivity index (χ0n) is 11.2. The number of ether oxygens (including phenoxy) is 2. The molecule has 2 unspecified atom stereocenters. The van der Waals surface area contributed by atoms with Gasteiger partial charge in [0.1, 0.15) is 0 Å². The SMILES string of the molecule is CCOC(=O)C1(C(F)(F)F)CC(C)(c2ccccc2)O1. The number of carbonyl (C=O) groups excluding carboxylic acids is 1. The van der Waals surface area contributed by atoms with Crippen molar-refractivity contribution in [1.29, 1.82) is 0 Å². The van der Waals surface area contributed by atoms with Crippen molar-refractivity contribution in [3.05, 3.63) is 35.9 Å². The molecule has 110 valence electrons. The van der Waals surface area contributed by atoms with Crippen LogP contribution in [-0.2, 0) is 19.9 Å². The fourth-order valence-electron chi connectivity index (χ4n) is 2.44. The molecule has 0 radical (unpaired) electrons. The minimum atomic E-state index is -4.80. The topological polar surface area (TPSA) is 35.5 Å². The van der Waals surface area contributed by atoms with E-state index in [4.69, 9.17) is 4.74 Å². The van der Waals surface area contributed by atoms with Crippen LogP contribution in [0.25, 0.3) is 0 Å². The predicted molar refractivity (Wildman–Crippen MR) is 64.9 cm³/mol. The normalized spacial score (nSPS) is 29.6. The number of halogens is 3. The average molecular weight is 288 g/mol. The first kappa shape index (κ1) is 14.8. The molecule has 20 heavy (non-hydrogen) atoms. The highest BCUT2D eigenvalue weighted by Crippen LogP contribution is 2.55. The van der Waals surface area contributed by atoms with Gasteiger partial charge in [-0.1, -0.05) is 30.3 Å². The van der Waals surface area contributed by atoms with Gasteiger partial charge in [0.15, 0.2) is 0 Å². The average Bonchev–Trinajstić information content (AvgIpc) is 2.34. The number of hydrogen-bond acceptors (Lipinski definition) is 3. The smallest absolute Gasteiger partial charge is 0.428 e. The zero-order valence-corrected chi connectivity index (χ0v) is 11.2. The summed E-state index contributed by atoms with van der Waals surface area (Å²) in [6, 6.07) is 8.52. The van der Waals surface area contributed by atoms with Gasteiger partial charge < -0.3 is 9.47 Å². The van der Waals surface area contributed by atoms with Gasteiger partial charge in [0.2, 0.25) is 0 Å². The second-order valence-electron chi connectivity index (χ2n) is 4.92. The van der Waals surface area contributed by atoms with Crippen LogP contribution in [0, 0.1) is 0 Å². The van der Waals surface area contributed by atoms with Gasteiger partial charge in [-0.05, 0) is 19.4 Å². The molecule has 0 saturated carbocycles. The van der Waals surface area contributed by atoms with Crippen molar-refractivity contribution in [3.63, 3.8) is 0 Å². The Bertz CT molecular complexity index is 490. The summed E-state index contributed by atoms with van der Waals surface area (Å²) >= 11 is 0. The number of rotatable bonds is 3. The molecule has 0 amide bonds. The van der Waals surface area contributed by atoms with Crippen LogP contribution in [0.4, 0.5) is 13.2 Å². The molecule has 2 rings (SSSR count). The summed E-state index contributed by atoms with van der Waals surface area (Å²) in [6.45, 7) is 2.87. The van der Waals surface area contributed by atoms with Crippen LogP contribution >= 0.6 is 0 Å². The van der Waals surface area contributed by atoms with Crippen molar-refractivity contribution in [3.8, 4) is 0 Å². The molecule has 1 saturated heterocycles. The molecule has 1 aromatic carbocycles. The molecule has 6 heteroatoms. The third kappa shape index (κ3) is 2.18. The molecule has 1 fully saturated rings. The van der Waals surface area contributed by atoms with Crippen molar-refractivity contribution < 1.29 is 27.4 Å². The van der Waals surface area contributed by atoms with Gasteiger partial charge >= 0.3 is 12.1 Å². The van der Waals surface area contributed by atoms with E-state index in [1.165, 1.54) is 13.8 Å². The Morgan fingerprint density at radius 1 is 1.35 bits per heavy atom. The van der Waals surface area contributed by atoms with Crippen LogP contribution in [0.1, 0.15) is 25.8 Å². The molecule has 1 heterocycles. The zero-order chi connectivity index (χ0) is 15.0. The molecule has 0 bridgehead atoms. The van der Waals surface area contributed by atoms with Crippen LogP contribution in [0.3, 0.4) is 0 Å². The molecule has 0 aliphatic carbocycles. The molecule has 0 spiro atoms. The van der Waals surface area contributed by atoms with Gasteiger partial charge in [0.25, 0.3) is 5.60 Å². The van der Waals surface area contributed by atoms with Crippen molar-refractivity contribution in [2.75, 3.05) is 6.61 Å². The van der Waals surface area contributed by atoms with E-state index in [9.17, 15) is 18.0 Å². The summed E-state index contributed by atoms with van der Waals surface area (Å²) in [6.07, 6.45) is -5.28. The molecule has 0 aromatic heterocycles. The standard InChI is InChI=1S/C14H15F3O3/c1-3-19-11(18)13(14(15,16)17)9-12(2,20-13)10-7-5-4-6-8-10/h4-8H,3,9H2,1-2H3. The Hall–Kier alpha value is -1.56. The fourth-order valence-corrected chi connectivity index (χ4v) is 2.44. The third-order valence-corrected chi connectivity index (χ3v) is 3.43. The van der Waals surface area contributed by atoms with Crippen molar-refractivity contribution in [1.82, 2.24) is 0 Å². The minimum Gasteiger partial charge on any atom is -0.464 e. The van der Waals surface area contributed by atoms with E-state index in [2.05, 4.69) is 4.74 Å². The van der Waals surface area contributed by atoms with Gasteiger partial charge in [-0.25, -0.2) is 4.79 Å². The van der Waals surface area contributed by atoms with Crippen molar-refractivity contribution >= 4 is 5.97 Å². The van der Waals surface area contributed by atoms with Crippen LogP contribution in [-0.4, -0.2) is 24.4 Å². The maximum absolute atomic E-state index is 13.2. The quantitative estimate of drug-likeness (QED) is 0.801. The molecule has 1 aromatic rings. The summed E-state index contributed by atoms with van der Waals surface area (Å²) < 4.78 is 49.1. The molecular formula is C14H15F3O3. The lowest BCUT2D eigenvalue weighted by Crippen LogP contribution is -2.68. The first-order chi connectivity index (χ1) is 9.25. The lowest BCUT2D eigenvalue weighted by atomic mass is 9.75. The monoisotopic (exact) mass is 288 g/mol. The molecule has 1 aliphatic rings. The van der Waals surface area contributed by atoms with Gasteiger partial charge in [-0.15, -0.1) is 0 Å². The van der Waals surface area contributed by atoms with Gasteiger partial charge in [0.05, 0.1) is 12.2 Å². The highest BCUT2D eigenvalue weighted by atomic mass is 19.4. The summed E-state index contributed by atoms with van der Waals surface area (Å²) in [4.78, 5) is 11.6.